The molecule has 0 radical (unpaired) electrons. The summed E-state index contributed by atoms with van der Waals surface area (Å²) >= 11 is 0. The molecule has 652 valence electrons. The fourth-order valence-corrected chi connectivity index (χ4v) is 12.0. The molecule has 1 saturated heterocycles. The van der Waals surface area contributed by atoms with E-state index in [1.807, 2.05) is 0 Å². The molecule has 26 N–H and O–H groups in total. The van der Waals surface area contributed by atoms with Gasteiger partial charge in [-0.05, 0) is 120 Å². The van der Waals surface area contributed by atoms with Crippen LogP contribution in [0.2, 0.25) is 0 Å². The molecular formula is C74H131N21O20. The number of carbonyl (C=O) groups is 18. The van der Waals surface area contributed by atoms with Crippen molar-refractivity contribution in [3.8, 4) is 0 Å². The summed E-state index contributed by atoms with van der Waals surface area (Å²) < 4.78 is 0. The third kappa shape index (κ3) is 38.1. The van der Waals surface area contributed by atoms with Crippen LogP contribution in [-0.4, -0.2) is 244 Å². The molecule has 16 atom stereocenters. The van der Waals surface area contributed by atoms with E-state index >= 15 is 0 Å². The van der Waals surface area contributed by atoms with Crippen LogP contribution < -0.4 is 103 Å². The predicted octanol–water partition coefficient (Wildman–Crippen LogP) is -5.40. The van der Waals surface area contributed by atoms with Crippen molar-refractivity contribution in [2.24, 2.45) is 75.1 Å². The number of amides is 17. The van der Waals surface area contributed by atoms with Gasteiger partial charge in [-0.2, -0.15) is 0 Å². The van der Waals surface area contributed by atoms with Gasteiger partial charge in [0.1, 0.15) is 78.5 Å². The number of rotatable bonds is 52. The quantitative estimate of drug-likeness (QED) is 0.0154. The zero-order valence-corrected chi connectivity index (χ0v) is 69.5. The molecule has 0 aliphatic carbocycles. The second-order valence-electron chi connectivity index (χ2n) is 31.7. The molecule has 0 saturated carbocycles. The van der Waals surface area contributed by atoms with E-state index < -0.39 is 247 Å². The summed E-state index contributed by atoms with van der Waals surface area (Å²) in [6, 6.07) is -19.3. The Hall–Kier alpha value is -10.3. The molecule has 1 aliphatic heterocycles. The number of aliphatic hydroxyl groups excluding tert-OH is 1. The minimum Gasteiger partial charge on any atom is -0.480 e. The van der Waals surface area contributed by atoms with Crippen molar-refractivity contribution >= 4 is 112 Å². The Morgan fingerprint density at radius 3 is 1.32 bits per heavy atom. The van der Waals surface area contributed by atoms with Gasteiger partial charge >= 0.3 is 5.97 Å². The highest BCUT2D eigenvalue weighted by Crippen LogP contribution is 2.22. The number of hydrogen-bond donors (Lipinski definition) is 21. The fraction of sp³-hybridized carbons (Fsp3) is 0.743. The van der Waals surface area contributed by atoms with E-state index in [9.17, 15) is 96.5 Å². The second kappa shape index (κ2) is 50.8. The molecular weight excluding hydrogens is 1500 g/mol. The smallest absolute Gasteiger partial charge is 0.326 e. The molecule has 17 amide bonds. The number of aliphatic carboxylic acids is 1. The summed E-state index contributed by atoms with van der Waals surface area (Å²) in [7, 11) is 0. The molecule has 0 unspecified atom stereocenters. The number of guanidine groups is 1. The number of carboxylic acids is 1. The Bertz CT molecular complexity index is 3380. The maximum Gasteiger partial charge on any atom is 0.326 e. The maximum absolute atomic E-state index is 14.4. The van der Waals surface area contributed by atoms with Crippen molar-refractivity contribution in [2.45, 2.75) is 285 Å². The van der Waals surface area contributed by atoms with E-state index in [0.717, 1.165) is 0 Å². The lowest BCUT2D eigenvalue weighted by Crippen LogP contribution is -2.61. The van der Waals surface area contributed by atoms with Gasteiger partial charge in [0.2, 0.25) is 100 Å². The summed E-state index contributed by atoms with van der Waals surface area (Å²) in [6.45, 7) is 26.5. The van der Waals surface area contributed by atoms with Crippen molar-refractivity contribution in [1.82, 2.24) is 79.3 Å². The number of carboxylic acid groups (broad SMARTS) is 1. The van der Waals surface area contributed by atoms with E-state index in [1.165, 1.54) is 25.7 Å². The SMILES string of the molecule is CC[C@H](C)[C@H](NC(=O)[C@H](CC(C)C)NC(=O)[C@H](C)NC(=O)[C@H](CCC(N)=O)NC(=O)[C@H](CC(N)=O)NC(=O)[C@@H]1CCCN1C(=O)[C@@H](NC(=O)[C@@H](NC(=O)[C@@H](N)CCCN=C(N)N)C(C)C)C(C)C)C(=O)NCC(=O)N[C@@H](CC(C)C)C(=O)N[C@H](C(=O)N[C@@H](CC(C)C)C(=O)N[C@@H](C)C(=O)NCC(=O)N[C@@H](CC(C)C)C(=O)O)[C@@H](C)O. The summed E-state index contributed by atoms with van der Waals surface area (Å²) in [5, 5.41) is 55.2. The van der Waals surface area contributed by atoms with Crippen LogP contribution in [0.3, 0.4) is 0 Å². The fourth-order valence-electron chi connectivity index (χ4n) is 12.0. The van der Waals surface area contributed by atoms with Crippen LogP contribution >= 0.6 is 0 Å². The summed E-state index contributed by atoms with van der Waals surface area (Å²) in [5.74, 6) is -19.1. The van der Waals surface area contributed by atoms with Crippen LogP contribution in [0.25, 0.3) is 0 Å². The Kier molecular flexibility index (Phi) is 45.3. The summed E-state index contributed by atoms with van der Waals surface area (Å²) in [4.78, 5) is 248. The van der Waals surface area contributed by atoms with E-state index in [0.29, 0.717) is 12.8 Å². The van der Waals surface area contributed by atoms with Gasteiger partial charge in [-0.1, -0.05) is 103 Å². The molecule has 0 aromatic rings. The molecule has 0 aromatic heterocycles. The van der Waals surface area contributed by atoms with Crippen LogP contribution in [-0.2, 0) is 86.3 Å². The Labute approximate surface area is 672 Å². The Balaban J connectivity index is 3.32. The topological polar surface area (TPSA) is 662 Å². The molecule has 115 heavy (non-hydrogen) atoms. The highest BCUT2D eigenvalue weighted by molar-refractivity contribution is 6.01. The Morgan fingerprint density at radius 1 is 0.435 bits per heavy atom. The molecule has 41 heteroatoms. The van der Waals surface area contributed by atoms with Crippen molar-refractivity contribution in [2.75, 3.05) is 26.2 Å². The molecule has 1 rings (SSSR count). The van der Waals surface area contributed by atoms with Crippen molar-refractivity contribution < 1.29 is 96.5 Å². The highest BCUT2D eigenvalue weighted by atomic mass is 16.4. The second-order valence-corrected chi connectivity index (χ2v) is 31.7. The first-order chi connectivity index (χ1) is 53.4. The zero-order valence-electron chi connectivity index (χ0n) is 69.5. The molecule has 1 fully saturated rings. The van der Waals surface area contributed by atoms with Crippen LogP contribution in [0.4, 0.5) is 0 Å². The van der Waals surface area contributed by atoms with Crippen molar-refractivity contribution in [3.63, 3.8) is 0 Å². The monoisotopic (exact) mass is 1630 g/mol. The lowest BCUT2D eigenvalue weighted by molar-refractivity contribution is -0.144. The van der Waals surface area contributed by atoms with E-state index in [1.54, 1.807) is 96.9 Å². The minimum absolute atomic E-state index is 0.00441. The number of hydrogen-bond acceptors (Lipinski definition) is 21. The highest BCUT2D eigenvalue weighted by Gasteiger charge is 2.43. The van der Waals surface area contributed by atoms with Gasteiger partial charge in [-0.25, -0.2) is 4.79 Å². The lowest BCUT2D eigenvalue weighted by atomic mass is 9.96. The average molecular weight is 1630 g/mol. The summed E-state index contributed by atoms with van der Waals surface area (Å²) in [5.41, 5.74) is 27.8. The molecule has 0 bridgehead atoms. The third-order valence-corrected chi connectivity index (χ3v) is 18.6. The van der Waals surface area contributed by atoms with Gasteiger partial charge < -0.3 is 118 Å². The molecule has 1 aliphatic rings. The van der Waals surface area contributed by atoms with Crippen LogP contribution in [0.1, 0.15) is 195 Å². The average Bonchev–Trinajstić information content (AvgIpc) is 1.68. The van der Waals surface area contributed by atoms with Crippen LogP contribution in [0, 0.1) is 41.4 Å². The maximum atomic E-state index is 14.4. The molecule has 0 spiro atoms. The van der Waals surface area contributed by atoms with Gasteiger partial charge in [0.25, 0.3) is 0 Å². The van der Waals surface area contributed by atoms with Crippen molar-refractivity contribution in [3.05, 3.63) is 0 Å². The number of nitrogens with one attached hydrogen (secondary N) is 14. The number of aliphatic imine (C=N–C) groups is 1. The van der Waals surface area contributed by atoms with Gasteiger partial charge in [-0.15, -0.1) is 0 Å². The van der Waals surface area contributed by atoms with Crippen LogP contribution in [0.5, 0.6) is 0 Å². The molecule has 0 aromatic carbocycles. The van der Waals surface area contributed by atoms with Gasteiger partial charge in [0.05, 0.1) is 31.7 Å². The first-order valence-corrected chi connectivity index (χ1v) is 39.2. The lowest BCUT2D eigenvalue weighted by Gasteiger charge is -2.33. The first-order valence-electron chi connectivity index (χ1n) is 39.2. The number of nitrogens with zero attached hydrogens (tertiary/aromatic N) is 2. The van der Waals surface area contributed by atoms with E-state index in [-0.39, 0.29) is 87.7 Å². The number of nitrogens with two attached hydrogens (primary N) is 5. The van der Waals surface area contributed by atoms with E-state index in [2.05, 4.69) is 79.4 Å². The zero-order chi connectivity index (χ0) is 88.2. The minimum atomic E-state index is -1.80. The van der Waals surface area contributed by atoms with Crippen LogP contribution in [0.15, 0.2) is 4.99 Å². The summed E-state index contributed by atoms with van der Waals surface area (Å²) in [6.07, 6.45) is -2.16. The van der Waals surface area contributed by atoms with Crippen molar-refractivity contribution in [1.29, 1.82) is 0 Å². The van der Waals surface area contributed by atoms with Gasteiger partial charge in [0.15, 0.2) is 5.96 Å². The number of aliphatic hydroxyl groups is 1. The van der Waals surface area contributed by atoms with E-state index in [4.69, 9.17) is 28.7 Å². The Morgan fingerprint density at radius 2 is 0.852 bits per heavy atom. The first kappa shape index (κ1) is 103. The van der Waals surface area contributed by atoms with Gasteiger partial charge in [-0.3, -0.25) is 86.5 Å². The molecule has 1 heterocycles. The molecule has 41 nitrogen and oxygen atoms in total. The number of carbonyl (C=O) groups excluding carboxylic acids is 17. The van der Waals surface area contributed by atoms with Gasteiger partial charge in [0, 0.05) is 19.5 Å². The standard InChI is InChI=1S/C74H131N21O20/c1-18-40(14)58(69(110)82-33-54(99)85-46(27-34(2)3)66(107)94-59(43(17)96)71(112)90-47(28-35(4)5)64(105)83-41(15)60(101)81-32-55(100)86-50(73(114)115)30-37(8)9)93-67(108)48(29-36(6)7)88-61(102)42(16)84-63(104)45(23-24-52(76)97)87-65(106)49(31-53(77)98)89-68(109)51-22-20-26-95(51)72(113)57(39(12)13)92-70(111)56(38(10)11)91-62(103)44(75)21-19-25-80-74(78)79/h34-51,56-59,96H,18-33,75H2,1-17H3,(H2,76,97)(H2,77,98)(H,81,101)(H,82,110)(H,83,105)(H,84,104)(H,85,99)(H,86,100)(H,87,106)(H,88,102)(H,89,109)(H,90,112)(H,91,103)(H,92,111)(H,93,108)(H,94,107)(H,114,115)(H4,78,79,80)/t40-,41-,42-,43+,44-,45-,46-,47-,48-,49-,50-,51-,56-,57-,58-,59-/m0/s1. The third-order valence-electron chi connectivity index (χ3n) is 18.6. The number of primary amides is 2. The normalized spacial score (nSPS) is 16.6. The predicted molar refractivity (Wildman–Crippen MR) is 422 cm³/mol. The number of likely N-dealkylation sites (tertiary alicyclic amines) is 1. The largest absolute Gasteiger partial charge is 0.480 e.